The van der Waals surface area contributed by atoms with Crippen molar-refractivity contribution in [2.45, 2.75) is 58.3 Å². The fourth-order valence-corrected chi connectivity index (χ4v) is 4.71. The summed E-state index contributed by atoms with van der Waals surface area (Å²) in [6.45, 7) is 5.82. The molecule has 0 aliphatic heterocycles. The van der Waals surface area contributed by atoms with Crippen molar-refractivity contribution in [3.05, 3.63) is 42.1 Å². The molecule has 4 rings (SSSR count). The first-order chi connectivity index (χ1) is 15.2. The Balaban J connectivity index is 1.40. The number of nitrogens with one attached hydrogen (secondary N) is 1. The molecular formula is C25H31N3O4. The summed E-state index contributed by atoms with van der Waals surface area (Å²) in [5.74, 6) is -0.297. The molecule has 2 fully saturated rings. The van der Waals surface area contributed by atoms with Gasteiger partial charge in [-0.05, 0) is 37.8 Å². The molecule has 1 heterocycles. The Kier molecular flexibility index (Phi) is 6.17. The summed E-state index contributed by atoms with van der Waals surface area (Å²) in [6.07, 6.45) is 3.87. The predicted molar refractivity (Wildman–Crippen MR) is 120 cm³/mol. The largest absolute Gasteiger partial charge is 0.455 e. The van der Waals surface area contributed by atoms with Crippen LogP contribution in [0.5, 0.6) is 0 Å². The van der Waals surface area contributed by atoms with Crippen LogP contribution in [0.4, 0.5) is 5.82 Å². The maximum absolute atomic E-state index is 12.6. The maximum atomic E-state index is 12.6. The van der Waals surface area contributed by atoms with Crippen LogP contribution in [0, 0.1) is 17.8 Å². The Morgan fingerprint density at radius 3 is 2.41 bits per heavy atom. The highest BCUT2D eigenvalue weighted by molar-refractivity contribution is 5.93. The van der Waals surface area contributed by atoms with Crippen molar-refractivity contribution in [2.75, 3.05) is 11.9 Å². The average Bonchev–Trinajstić information content (AvgIpc) is 3.17. The van der Waals surface area contributed by atoms with Crippen molar-refractivity contribution in [3.8, 4) is 5.69 Å². The van der Waals surface area contributed by atoms with Gasteiger partial charge in [-0.2, -0.15) is 5.10 Å². The van der Waals surface area contributed by atoms with Crippen molar-refractivity contribution < 1.29 is 19.1 Å². The monoisotopic (exact) mass is 437 g/mol. The molecule has 2 aliphatic carbocycles. The number of hydrogen-bond donors (Lipinski definition) is 1. The van der Waals surface area contributed by atoms with E-state index in [0.29, 0.717) is 24.4 Å². The van der Waals surface area contributed by atoms with Gasteiger partial charge >= 0.3 is 5.97 Å². The number of para-hydroxylation sites is 1. The SMILES string of the molecule is CC(C)(C)c1cc(NC(=O)COC(=O)C2CC3CCCC(C2)C3=O)n(-c2ccccc2)n1. The molecule has 2 bridgehead atoms. The Bertz CT molecular complexity index is 990. The zero-order valence-corrected chi connectivity index (χ0v) is 19.0. The van der Waals surface area contributed by atoms with Gasteiger partial charge in [-0.15, -0.1) is 0 Å². The summed E-state index contributed by atoms with van der Waals surface area (Å²) < 4.78 is 7.03. The Morgan fingerprint density at radius 1 is 1.12 bits per heavy atom. The second kappa shape index (κ2) is 8.88. The highest BCUT2D eigenvalue weighted by Gasteiger charge is 2.41. The number of carbonyl (C=O) groups excluding carboxylic acids is 3. The van der Waals surface area contributed by atoms with Gasteiger partial charge in [-0.25, -0.2) is 4.68 Å². The molecule has 2 unspecified atom stereocenters. The molecule has 7 heteroatoms. The minimum absolute atomic E-state index is 0.0232. The molecule has 2 atom stereocenters. The van der Waals surface area contributed by atoms with Crippen LogP contribution in [0.1, 0.15) is 58.6 Å². The molecule has 2 saturated carbocycles. The van der Waals surface area contributed by atoms with Gasteiger partial charge in [0, 0.05) is 23.3 Å². The number of ether oxygens (including phenoxy) is 1. The van der Waals surface area contributed by atoms with Gasteiger partial charge in [0.05, 0.1) is 17.3 Å². The van der Waals surface area contributed by atoms with Gasteiger partial charge in [0.2, 0.25) is 0 Å². The molecule has 2 aliphatic rings. The lowest BCUT2D eigenvalue weighted by Crippen LogP contribution is -2.40. The number of benzene rings is 1. The van der Waals surface area contributed by atoms with E-state index in [0.717, 1.165) is 30.6 Å². The number of anilines is 1. The Labute approximate surface area is 188 Å². The van der Waals surface area contributed by atoms with E-state index in [1.165, 1.54) is 0 Å². The van der Waals surface area contributed by atoms with E-state index in [-0.39, 0.29) is 35.7 Å². The van der Waals surface area contributed by atoms with Crippen LogP contribution in [-0.2, 0) is 24.5 Å². The van der Waals surface area contributed by atoms with Crippen LogP contribution < -0.4 is 5.32 Å². The van der Waals surface area contributed by atoms with Crippen LogP contribution >= 0.6 is 0 Å². The lowest BCUT2D eigenvalue weighted by molar-refractivity contribution is -0.155. The van der Waals surface area contributed by atoms with E-state index in [2.05, 4.69) is 31.2 Å². The normalized spacial score (nSPS) is 23.0. The van der Waals surface area contributed by atoms with E-state index in [4.69, 9.17) is 4.74 Å². The molecule has 7 nitrogen and oxygen atoms in total. The van der Waals surface area contributed by atoms with E-state index in [1.807, 2.05) is 36.4 Å². The quantitative estimate of drug-likeness (QED) is 0.713. The molecule has 0 radical (unpaired) electrons. The number of carbonyl (C=O) groups is 3. The third kappa shape index (κ3) is 4.76. The van der Waals surface area contributed by atoms with Gasteiger partial charge in [-0.1, -0.05) is 45.4 Å². The first kappa shape index (κ1) is 22.2. The molecule has 1 amide bonds. The van der Waals surface area contributed by atoms with Gasteiger partial charge in [-0.3, -0.25) is 14.4 Å². The Hall–Kier alpha value is -2.96. The molecule has 170 valence electrons. The maximum Gasteiger partial charge on any atom is 0.309 e. The van der Waals surface area contributed by atoms with Crippen molar-refractivity contribution in [2.24, 2.45) is 17.8 Å². The smallest absolute Gasteiger partial charge is 0.309 e. The fraction of sp³-hybridized carbons (Fsp3) is 0.520. The Morgan fingerprint density at radius 2 is 1.78 bits per heavy atom. The minimum Gasteiger partial charge on any atom is -0.455 e. The van der Waals surface area contributed by atoms with Gasteiger partial charge in [0.25, 0.3) is 5.91 Å². The molecule has 1 aromatic heterocycles. The summed E-state index contributed by atoms with van der Waals surface area (Å²) in [4.78, 5) is 37.4. The second-order valence-electron chi connectivity index (χ2n) is 9.96. The van der Waals surface area contributed by atoms with E-state index < -0.39 is 5.91 Å². The van der Waals surface area contributed by atoms with E-state index >= 15 is 0 Å². The zero-order chi connectivity index (χ0) is 22.9. The van der Waals surface area contributed by atoms with E-state index in [9.17, 15) is 14.4 Å². The third-order valence-corrected chi connectivity index (χ3v) is 6.47. The first-order valence-corrected chi connectivity index (χ1v) is 11.4. The summed E-state index contributed by atoms with van der Waals surface area (Å²) in [6, 6.07) is 11.4. The number of esters is 1. The molecule has 1 aromatic carbocycles. The van der Waals surface area contributed by atoms with E-state index in [1.54, 1.807) is 4.68 Å². The van der Waals surface area contributed by atoms with Crippen LogP contribution in [0.15, 0.2) is 36.4 Å². The fourth-order valence-electron chi connectivity index (χ4n) is 4.71. The summed E-state index contributed by atoms with van der Waals surface area (Å²) in [5, 5.41) is 7.51. The van der Waals surface area contributed by atoms with Gasteiger partial charge < -0.3 is 10.1 Å². The number of amides is 1. The van der Waals surface area contributed by atoms with Crippen LogP contribution in [-0.4, -0.2) is 34.0 Å². The lowest BCUT2D eigenvalue weighted by Gasteiger charge is -2.36. The predicted octanol–water partition coefficient (Wildman–Crippen LogP) is 4.05. The minimum atomic E-state index is -0.414. The van der Waals surface area contributed by atoms with Crippen molar-refractivity contribution in [1.82, 2.24) is 9.78 Å². The summed E-state index contributed by atoms with van der Waals surface area (Å²) in [7, 11) is 0. The molecule has 0 spiro atoms. The highest BCUT2D eigenvalue weighted by Crippen LogP contribution is 2.40. The van der Waals surface area contributed by atoms with Crippen LogP contribution in [0.25, 0.3) is 5.69 Å². The standard InChI is InChI=1S/C25H31N3O4/c1-25(2,3)20-14-21(28(27-20)19-10-5-4-6-11-19)26-22(29)15-32-24(31)18-12-16-8-7-9-17(13-18)23(16)30/h4-6,10-11,14,16-18H,7-9,12-13,15H2,1-3H3,(H,26,29). The number of aromatic nitrogens is 2. The molecular weight excluding hydrogens is 406 g/mol. The number of ketones is 1. The van der Waals surface area contributed by atoms with Crippen LogP contribution in [0.2, 0.25) is 0 Å². The van der Waals surface area contributed by atoms with Crippen molar-refractivity contribution in [1.29, 1.82) is 0 Å². The molecule has 0 saturated heterocycles. The van der Waals surface area contributed by atoms with Crippen molar-refractivity contribution >= 4 is 23.5 Å². The van der Waals surface area contributed by atoms with Gasteiger partial charge in [0.1, 0.15) is 11.6 Å². The second-order valence-corrected chi connectivity index (χ2v) is 9.96. The van der Waals surface area contributed by atoms with Crippen molar-refractivity contribution in [3.63, 3.8) is 0 Å². The number of nitrogens with zero attached hydrogens (tertiary/aromatic N) is 2. The topological polar surface area (TPSA) is 90.3 Å². The molecule has 1 N–H and O–H groups in total. The summed E-state index contributed by atoms with van der Waals surface area (Å²) in [5.41, 5.74) is 1.48. The number of Topliss-reactive ketones (excluding diaryl/α,β-unsaturated/α-hetero) is 1. The average molecular weight is 438 g/mol. The zero-order valence-electron chi connectivity index (χ0n) is 19.0. The molecule has 2 aromatic rings. The van der Waals surface area contributed by atoms with Gasteiger partial charge in [0.15, 0.2) is 6.61 Å². The number of fused-ring (bicyclic) bond motifs is 2. The highest BCUT2D eigenvalue weighted by atomic mass is 16.5. The third-order valence-electron chi connectivity index (χ3n) is 6.47. The summed E-state index contributed by atoms with van der Waals surface area (Å²) >= 11 is 0. The lowest BCUT2D eigenvalue weighted by atomic mass is 9.67. The first-order valence-electron chi connectivity index (χ1n) is 11.4. The number of hydrogen-bond acceptors (Lipinski definition) is 5. The molecule has 32 heavy (non-hydrogen) atoms. The number of rotatable bonds is 5. The van der Waals surface area contributed by atoms with Crippen LogP contribution in [0.3, 0.4) is 0 Å².